The van der Waals surface area contributed by atoms with Gasteiger partial charge in [-0.2, -0.15) is 5.10 Å². The zero-order valence-electron chi connectivity index (χ0n) is 15.4. The van der Waals surface area contributed by atoms with Crippen LogP contribution in [0, 0.1) is 12.7 Å². The number of nitrogens with one attached hydrogen (secondary N) is 1. The fourth-order valence-corrected chi connectivity index (χ4v) is 2.87. The van der Waals surface area contributed by atoms with E-state index >= 15 is 0 Å². The zero-order valence-corrected chi connectivity index (χ0v) is 15.4. The van der Waals surface area contributed by atoms with E-state index in [-0.39, 0.29) is 17.3 Å². The first-order valence-electron chi connectivity index (χ1n) is 8.64. The Morgan fingerprint density at radius 2 is 1.78 bits per heavy atom. The van der Waals surface area contributed by atoms with Crippen LogP contribution in [0.5, 0.6) is 0 Å². The SMILES string of the molecule is Cc1cc(=O)c(C(=O)Nc2ccccc2C(C)C)nn1-c1ccccc1F. The van der Waals surface area contributed by atoms with Gasteiger partial charge in [0.15, 0.2) is 5.69 Å². The third-order valence-electron chi connectivity index (χ3n) is 4.23. The van der Waals surface area contributed by atoms with Crippen LogP contribution in [0.2, 0.25) is 0 Å². The van der Waals surface area contributed by atoms with Crippen molar-refractivity contribution in [3.63, 3.8) is 0 Å². The van der Waals surface area contributed by atoms with E-state index in [1.165, 1.54) is 22.9 Å². The number of hydrogen-bond acceptors (Lipinski definition) is 3. The Kier molecular flexibility index (Phi) is 5.16. The van der Waals surface area contributed by atoms with Crippen molar-refractivity contribution in [2.24, 2.45) is 0 Å². The molecule has 3 aromatic rings. The number of aryl methyl sites for hydroxylation is 1. The summed E-state index contributed by atoms with van der Waals surface area (Å²) in [4.78, 5) is 25.0. The van der Waals surface area contributed by atoms with Crippen molar-refractivity contribution in [1.82, 2.24) is 9.78 Å². The highest BCUT2D eigenvalue weighted by Crippen LogP contribution is 2.24. The normalized spacial score (nSPS) is 10.9. The minimum Gasteiger partial charge on any atom is -0.320 e. The second kappa shape index (κ2) is 7.53. The van der Waals surface area contributed by atoms with Crippen LogP contribution in [0.15, 0.2) is 59.4 Å². The molecule has 0 aliphatic carbocycles. The Bertz CT molecular complexity index is 1060. The van der Waals surface area contributed by atoms with Crippen molar-refractivity contribution < 1.29 is 9.18 Å². The molecule has 0 fully saturated rings. The molecule has 0 aliphatic rings. The van der Waals surface area contributed by atoms with Crippen molar-refractivity contribution in [2.75, 3.05) is 5.32 Å². The lowest BCUT2D eigenvalue weighted by molar-refractivity contribution is 0.101. The van der Waals surface area contributed by atoms with Crippen molar-refractivity contribution in [3.8, 4) is 5.69 Å². The van der Waals surface area contributed by atoms with Crippen LogP contribution in [0.25, 0.3) is 5.69 Å². The summed E-state index contributed by atoms with van der Waals surface area (Å²) in [6.07, 6.45) is 0. The molecule has 27 heavy (non-hydrogen) atoms. The molecule has 1 N–H and O–H groups in total. The first kappa shape index (κ1) is 18.5. The number of carbonyl (C=O) groups excluding carboxylic acids is 1. The summed E-state index contributed by atoms with van der Waals surface area (Å²) >= 11 is 0. The quantitative estimate of drug-likeness (QED) is 0.758. The van der Waals surface area contributed by atoms with Gasteiger partial charge in [-0.3, -0.25) is 9.59 Å². The Morgan fingerprint density at radius 1 is 1.11 bits per heavy atom. The van der Waals surface area contributed by atoms with Crippen LogP contribution in [-0.4, -0.2) is 15.7 Å². The summed E-state index contributed by atoms with van der Waals surface area (Å²) in [7, 11) is 0. The van der Waals surface area contributed by atoms with Crippen LogP contribution >= 0.6 is 0 Å². The molecule has 6 heteroatoms. The van der Waals surface area contributed by atoms with E-state index in [1.807, 2.05) is 32.0 Å². The van der Waals surface area contributed by atoms with Gasteiger partial charge in [0.25, 0.3) is 5.91 Å². The fraction of sp³-hybridized carbons (Fsp3) is 0.190. The predicted molar refractivity (Wildman–Crippen MR) is 103 cm³/mol. The van der Waals surface area contributed by atoms with Crippen LogP contribution < -0.4 is 10.7 Å². The lowest BCUT2D eigenvalue weighted by Gasteiger charge is -2.14. The highest BCUT2D eigenvalue weighted by atomic mass is 19.1. The summed E-state index contributed by atoms with van der Waals surface area (Å²) in [5, 5.41) is 6.88. The molecular weight excluding hydrogens is 345 g/mol. The van der Waals surface area contributed by atoms with Gasteiger partial charge in [-0.15, -0.1) is 0 Å². The zero-order chi connectivity index (χ0) is 19.6. The summed E-state index contributed by atoms with van der Waals surface area (Å²) in [6, 6.07) is 14.7. The third-order valence-corrected chi connectivity index (χ3v) is 4.23. The van der Waals surface area contributed by atoms with E-state index in [4.69, 9.17) is 0 Å². The van der Waals surface area contributed by atoms with Crippen molar-refractivity contribution >= 4 is 11.6 Å². The van der Waals surface area contributed by atoms with E-state index in [2.05, 4.69) is 10.4 Å². The number of halogens is 1. The molecule has 0 bridgehead atoms. The minimum absolute atomic E-state index is 0.173. The van der Waals surface area contributed by atoms with E-state index in [0.29, 0.717) is 11.4 Å². The largest absolute Gasteiger partial charge is 0.320 e. The average molecular weight is 365 g/mol. The van der Waals surface area contributed by atoms with Crippen LogP contribution in [0.1, 0.15) is 41.5 Å². The highest BCUT2D eigenvalue weighted by molar-refractivity contribution is 6.03. The monoisotopic (exact) mass is 365 g/mol. The second-order valence-electron chi connectivity index (χ2n) is 6.56. The van der Waals surface area contributed by atoms with Gasteiger partial charge >= 0.3 is 0 Å². The first-order valence-corrected chi connectivity index (χ1v) is 8.64. The fourth-order valence-electron chi connectivity index (χ4n) is 2.87. The smallest absolute Gasteiger partial charge is 0.280 e. The summed E-state index contributed by atoms with van der Waals surface area (Å²) in [5.41, 5.74) is 1.38. The van der Waals surface area contributed by atoms with Gasteiger partial charge in [0.05, 0.1) is 0 Å². The number of amides is 1. The Balaban J connectivity index is 2.03. The number of aromatic nitrogens is 2. The van der Waals surface area contributed by atoms with Crippen molar-refractivity contribution in [3.05, 3.63) is 87.6 Å². The maximum atomic E-state index is 14.1. The molecule has 2 aromatic carbocycles. The minimum atomic E-state index is -0.627. The molecule has 0 radical (unpaired) electrons. The molecular formula is C21H20FN3O2. The number of anilines is 1. The Labute approximate surface area is 156 Å². The Hall–Kier alpha value is -3.28. The van der Waals surface area contributed by atoms with Crippen molar-refractivity contribution in [2.45, 2.75) is 26.7 Å². The lowest BCUT2D eigenvalue weighted by Crippen LogP contribution is -2.27. The molecule has 0 atom stereocenters. The third kappa shape index (κ3) is 3.79. The predicted octanol–water partition coefficient (Wildman–Crippen LogP) is 4.06. The molecule has 138 valence electrons. The van der Waals surface area contributed by atoms with Crippen LogP contribution in [0.4, 0.5) is 10.1 Å². The molecule has 0 saturated carbocycles. The summed E-state index contributed by atoms with van der Waals surface area (Å²) in [6.45, 7) is 5.66. The number of rotatable bonds is 4. The standard InChI is InChI=1S/C21H20FN3O2/c1-13(2)15-8-4-6-10-17(15)23-21(27)20-19(26)12-14(3)25(24-20)18-11-7-5-9-16(18)22/h4-13H,1-3H3,(H,23,27). The topological polar surface area (TPSA) is 64.0 Å². The molecule has 0 unspecified atom stereocenters. The number of benzene rings is 2. The molecule has 1 heterocycles. The number of hydrogen-bond donors (Lipinski definition) is 1. The maximum Gasteiger partial charge on any atom is 0.280 e. The molecule has 3 rings (SSSR count). The summed E-state index contributed by atoms with van der Waals surface area (Å²) < 4.78 is 15.4. The van der Waals surface area contributed by atoms with Gasteiger partial charge in [0.1, 0.15) is 11.5 Å². The molecule has 0 saturated heterocycles. The van der Waals surface area contributed by atoms with Gasteiger partial charge in [0, 0.05) is 17.4 Å². The van der Waals surface area contributed by atoms with Crippen LogP contribution in [0.3, 0.4) is 0 Å². The van der Waals surface area contributed by atoms with Crippen molar-refractivity contribution in [1.29, 1.82) is 0 Å². The molecule has 5 nitrogen and oxygen atoms in total. The van der Waals surface area contributed by atoms with Crippen LogP contribution in [-0.2, 0) is 0 Å². The number of para-hydroxylation sites is 2. The molecule has 0 aliphatic heterocycles. The van der Waals surface area contributed by atoms with E-state index in [1.54, 1.807) is 25.1 Å². The lowest BCUT2D eigenvalue weighted by atomic mass is 10.0. The number of carbonyl (C=O) groups is 1. The van der Waals surface area contributed by atoms with Gasteiger partial charge in [-0.1, -0.05) is 44.2 Å². The van der Waals surface area contributed by atoms with E-state index in [0.717, 1.165) is 5.56 Å². The highest BCUT2D eigenvalue weighted by Gasteiger charge is 2.18. The Morgan fingerprint density at radius 3 is 2.48 bits per heavy atom. The van der Waals surface area contributed by atoms with Gasteiger partial charge in [-0.05, 0) is 36.6 Å². The molecule has 1 amide bonds. The second-order valence-corrected chi connectivity index (χ2v) is 6.56. The molecule has 1 aromatic heterocycles. The van der Waals surface area contributed by atoms with E-state index in [9.17, 15) is 14.0 Å². The van der Waals surface area contributed by atoms with Gasteiger partial charge < -0.3 is 5.32 Å². The van der Waals surface area contributed by atoms with E-state index < -0.39 is 17.2 Å². The van der Waals surface area contributed by atoms with Gasteiger partial charge in [0.2, 0.25) is 5.43 Å². The average Bonchev–Trinajstić information content (AvgIpc) is 2.63. The maximum absolute atomic E-state index is 14.1. The number of nitrogens with zero attached hydrogens (tertiary/aromatic N) is 2. The van der Waals surface area contributed by atoms with Gasteiger partial charge in [-0.25, -0.2) is 9.07 Å². The summed E-state index contributed by atoms with van der Waals surface area (Å²) in [5.74, 6) is -0.922. The molecule has 0 spiro atoms. The first-order chi connectivity index (χ1) is 12.9.